The molecule has 2 aromatic rings. The zero-order valence-corrected chi connectivity index (χ0v) is 34.7. The average Bonchev–Trinajstić information content (AvgIpc) is 3.79. The van der Waals surface area contributed by atoms with E-state index in [-0.39, 0.29) is 24.1 Å². The molecule has 12 atom stereocenters. The highest BCUT2D eigenvalue weighted by atomic mass is 16.7. The Hall–Kier alpha value is -5.89. The molecule has 2 aliphatic heterocycles. The smallest absolute Gasteiger partial charge is 0.374 e. The number of esters is 8. The van der Waals surface area contributed by atoms with Crippen LogP contribution < -0.4 is 0 Å². The molecule has 4 heterocycles. The van der Waals surface area contributed by atoms with E-state index in [4.69, 9.17) is 47.0 Å². The van der Waals surface area contributed by atoms with E-state index in [2.05, 4.69) is 4.98 Å². The van der Waals surface area contributed by atoms with Gasteiger partial charge in [0.05, 0.1) is 29.4 Å². The second-order valence-electron chi connectivity index (χ2n) is 16.0. The van der Waals surface area contributed by atoms with Crippen LogP contribution in [0.25, 0.3) is 0 Å². The van der Waals surface area contributed by atoms with Gasteiger partial charge in [0, 0.05) is 40.8 Å². The number of aliphatic hydroxyl groups is 1. The molecular weight excluding hydrogens is 810 g/mol. The van der Waals surface area contributed by atoms with Crippen molar-refractivity contribution >= 4 is 47.8 Å². The molecule has 12 unspecified atom stereocenters. The minimum absolute atomic E-state index is 0.0151. The van der Waals surface area contributed by atoms with Crippen LogP contribution >= 0.6 is 0 Å². The minimum atomic E-state index is -2.88. The maximum Gasteiger partial charge on any atom is 0.374 e. The van der Waals surface area contributed by atoms with Crippen LogP contribution in [-0.4, -0.2) is 124 Å². The molecular formula is C41H47NO19. The predicted octanol–water partition coefficient (Wildman–Crippen LogP) is 1.75. The molecule has 0 radical (unpaired) electrons. The van der Waals surface area contributed by atoms with Gasteiger partial charge in [-0.15, -0.1) is 0 Å². The number of ether oxygens (including phenoxy) is 9. The number of rotatable bonds is 8. The second kappa shape index (κ2) is 16.5. The molecule has 0 amide bonds. The van der Waals surface area contributed by atoms with Gasteiger partial charge in [-0.05, 0) is 51.0 Å². The summed E-state index contributed by atoms with van der Waals surface area (Å²) in [6.45, 7) is 7.02. The van der Waals surface area contributed by atoms with E-state index in [1.165, 1.54) is 44.3 Å². The molecule has 1 spiro atoms. The number of carbonyl (C=O) groups is 8. The lowest BCUT2D eigenvalue weighted by molar-refractivity contribution is -0.386. The Balaban J connectivity index is 1.77. The van der Waals surface area contributed by atoms with E-state index in [1.54, 1.807) is 0 Å². The van der Waals surface area contributed by atoms with Crippen LogP contribution in [0.4, 0.5) is 0 Å². The number of aromatic nitrogens is 1. The van der Waals surface area contributed by atoms with Gasteiger partial charge in [0.15, 0.2) is 30.0 Å². The maximum atomic E-state index is 14.3. The molecule has 1 saturated heterocycles. The number of cyclic esters (lactones) is 1. The van der Waals surface area contributed by atoms with Crippen molar-refractivity contribution in [1.29, 1.82) is 0 Å². The summed E-state index contributed by atoms with van der Waals surface area (Å²) in [6.07, 6.45) is -9.67. The van der Waals surface area contributed by atoms with Crippen molar-refractivity contribution in [2.24, 2.45) is 17.3 Å². The van der Waals surface area contributed by atoms with Gasteiger partial charge in [0.2, 0.25) is 5.76 Å². The SMILES string of the molecule is CC(=O)OCC12C(OC(C)=O)C(OC(C)=O)C3C(OC(C)=O)C14OC3(C)COC(=O)c1cccnc1CCC(C)C(=O)OC(C(OC(=O)c1ccco1)C2OC(C)=O)C4(C)O. The number of nitrogens with zero attached hydrogens (tertiary/aromatic N) is 1. The summed E-state index contributed by atoms with van der Waals surface area (Å²) in [7, 11) is 0. The molecule has 2 aromatic heterocycles. The monoisotopic (exact) mass is 857 g/mol. The summed E-state index contributed by atoms with van der Waals surface area (Å²) in [5.74, 6) is -11.3. The highest BCUT2D eigenvalue weighted by molar-refractivity contribution is 5.90. The summed E-state index contributed by atoms with van der Waals surface area (Å²) in [5.41, 5.74) is -10.2. The first-order valence-corrected chi connectivity index (χ1v) is 19.4. The maximum absolute atomic E-state index is 14.3. The fourth-order valence-electron chi connectivity index (χ4n) is 9.54. The van der Waals surface area contributed by atoms with Crippen molar-refractivity contribution < 1.29 is 90.5 Å². The first kappa shape index (κ1) is 44.7. The molecule has 6 rings (SSSR count). The second-order valence-corrected chi connectivity index (χ2v) is 16.0. The molecule has 61 heavy (non-hydrogen) atoms. The van der Waals surface area contributed by atoms with Crippen molar-refractivity contribution in [2.75, 3.05) is 13.2 Å². The van der Waals surface area contributed by atoms with E-state index < -0.39 is 137 Å². The van der Waals surface area contributed by atoms with E-state index in [0.29, 0.717) is 0 Å². The predicted molar refractivity (Wildman–Crippen MR) is 197 cm³/mol. The first-order chi connectivity index (χ1) is 28.6. The van der Waals surface area contributed by atoms with Crippen LogP contribution in [0.2, 0.25) is 0 Å². The molecule has 20 heteroatoms. The number of aryl methyl sites for hydroxylation is 1. The third kappa shape index (κ3) is 7.59. The fourth-order valence-corrected chi connectivity index (χ4v) is 9.54. The van der Waals surface area contributed by atoms with Crippen LogP contribution in [0, 0.1) is 17.3 Å². The summed E-state index contributed by atoms with van der Waals surface area (Å²) in [5, 5.41) is 13.6. The molecule has 0 aromatic carbocycles. The third-order valence-electron chi connectivity index (χ3n) is 11.8. The van der Waals surface area contributed by atoms with Crippen LogP contribution in [0.5, 0.6) is 0 Å². The molecule has 1 N–H and O–H groups in total. The minimum Gasteiger partial charge on any atom is -0.465 e. The molecule has 2 aliphatic carbocycles. The van der Waals surface area contributed by atoms with Crippen molar-refractivity contribution in [3.05, 3.63) is 53.7 Å². The number of furan rings is 1. The topological polar surface area (TPSA) is 266 Å². The highest BCUT2D eigenvalue weighted by Crippen LogP contribution is 2.70. The van der Waals surface area contributed by atoms with E-state index >= 15 is 0 Å². The van der Waals surface area contributed by atoms with Crippen LogP contribution in [-0.2, 0) is 77.8 Å². The van der Waals surface area contributed by atoms with Crippen LogP contribution in [0.3, 0.4) is 0 Å². The summed E-state index contributed by atoms with van der Waals surface area (Å²) < 4.78 is 60.2. The van der Waals surface area contributed by atoms with Crippen molar-refractivity contribution in [3.8, 4) is 0 Å². The van der Waals surface area contributed by atoms with Gasteiger partial charge in [-0.2, -0.15) is 0 Å². The Morgan fingerprint density at radius 3 is 2.03 bits per heavy atom. The van der Waals surface area contributed by atoms with Crippen molar-refractivity contribution in [1.82, 2.24) is 4.98 Å². The van der Waals surface area contributed by atoms with Gasteiger partial charge in [-0.1, -0.05) is 6.92 Å². The molecule has 3 fully saturated rings. The molecule has 20 nitrogen and oxygen atoms in total. The van der Waals surface area contributed by atoms with Crippen molar-refractivity contribution in [3.63, 3.8) is 0 Å². The largest absolute Gasteiger partial charge is 0.465 e. The van der Waals surface area contributed by atoms with Crippen LogP contribution in [0.15, 0.2) is 41.1 Å². The lowest BCUT2D eigenvalue weighted by Crippen LogP contribution is -2.89. The van der Waals surface area contributed by atoms with Gasteiger partial charge in [0.1, 0.15) is 42.0 Å². The summed E-state index contributed by atoms with van der Waals surface area (Å²) in [6, 6.07) is 5.53. The van der Waals surface area contributed by atoms with Gasteiger partial charge < -0.3 is 52.2 Å². The number of fused-ring (bicyclic) bond motifs is 5. The zero-order chi connectivity index (χ0) is 44.8. The Morgan fingerprint density at radius 2 is 1.44 bits per heavy atom. The Labute approximate surface area is 348 Å². The number of hydrogen-bond acceptors (Lipinski definition) is 20. The van der Waals surface area contributed by atoms with Crippen molar-refractivity contribution in [2.45, 2.75) is 122 Å². The van der Waals surface area contributed by atoms with E-state index in [1.807, 2.05) is 0 Å². The van der Waals surface area contributed by atoms with Crippen LogP contribution in [0.1, 0.15) is 88.4 Å². The normalized spacial score (nSPS) is 35.4. The van der Waals surface area contributed by atoms with Gasteiger partial charge in [-0.3, -0.25) is 33.8 Å². The quantitative estimate of drug-likeness (QED) is 0.293. The fraction of sp³-hybridized carbons (Fsp3) is 0.585. The lowest BCUT2D eigenvalue weighted by atomic mass is 9.45. The first-order valence-electron chi connectivity index (χ1n) is 19.4. The Bertz CT molecular complexity index is 2100. The van der Waals surface area contributed by atoms with E-state index in [9.17, 15) is 43.5 Å². The van der Waals surface area contributed by atoms with E-state index in [0.717, 1.165) is 47.8 Å². The average molecular weight is 858 g/mol. The third-order valence-corrected chi connectivity index (χ3v) is 11.8. The lowest BCUT2D eigenvalue weighted by Gasteiger charge is -2.67. The zero-order valence-electron chi connectivity index (χ0n) is 34.7. The number of carbonyl (C=O) groups excluding carboxylic acids is 8. The van der Waals surface area contributed by atoms with Gasteiger partial charge in [-0.25, -0.2) is 9.59 Å². The number of hydrogen-bond donors (Lipinski definition) is 1. The Kier molecular flexibility index (Phi) is 12.1. The van der Waals surface area contributed by atoms with Gasteiger partial charge in [0.25, 0.3) is 0 Å². The Morgan fingerprint density at radius 1 is 0.820 bits per heavy atom. The standard InChI is InChI=1S/C41H47NO19/c1-19-13-14-26-25(11-9-15-42-26)36(49)54-17-38(7)28-29(55-21(3)44)33(57-23(5)46)40(18-53-20(2)43)34(58-24(6)47)30(59-37(50)27-12-10-16-52-27)32(60-35(19)48)39(8,51)41(40,61-38)31(28)56-22(4)45/h9-12,15-16,19,28-34,51H,13-14,17-18H2,1-8H3. The highest BCUT2D eigenvalue weighted by Gasteiger charge is 2.92. The molecule has 4 aliphatic rings. The molecule has 4 bridgehead atoms. The summed E-state index contributed by atoms with van der Waals surface area (Å²) >= 11 is 0. The number of pyridine rings is 1. The summed E-state index contributed by atoms with van der Waals surface area (Å²) in [4.78, 5) is 113. The van der Waals surface area contributed by atoms with Gasteiger partial charge >= 0.3 is 47.8 Å². The molecule has 330 valence electrons. The molecule has 2 saturated carbocycles.